The summed E-state index contributed by atoms with van der Waals surface area (Å²) in [6.07, 6.45) is 2.46. The Morgan fingerprint density at radius 1 is 0.879 bits per heavy atom. The molecule has 7 nitrogen and oxygen atoms in total. The fourth-order valence-corrected chi connectivity index (χ4v) is 3.76. The predicted octanol–water partition coefficient (Wildman–Crippen LogP) is 2.85. The molecule has 0 saturated heterocycles. The first-order chi connectivity index (χ1) is 16.1. The van der Waals surface area contributed by atoms with Crippen LogP contribution in [-0.2, 0) is 20.8 Å². The summed E-state index contributed by atoms with van der Waals surface area (Å²) >= 11 is 1.56. The van der Waals surface area contributed by atoms with E-state index in [0.29, 0.717) is 17.9 Å². The van der Waals surface area contributed by atoms with Crippen LogP contribution in [0.3, 0.4) is 0 Å². The zero-order valence-corrected chi connectivity index (χ0v) is 19.2. The highest BCUT2D eigenvalue weighted by atomic mass is 32.2. The minimum atomic E-state index is -0.790. The van der Waals surface area contributed by atoms with Crippen LogP contribution in [0.1, 0.15) is 12.0 Å². The highest BCUT2D eigenvalue weighted by Gasteiger charge is 2.21. The van der Waals surface area contributed by atoms with Gasteiger partial charge in [-0.05, 0) is 46.9 Å². The molecule has 0 aliphatic rings. The highest BCUT2D eigenvalue weighted by Crippen LogP contribution is 2.18. The first-order valence-corrected chi connectivity index (χ1v) is 12.0. The maximum Gasteiger partial charge on any atom is 0.260 e. The Morgan fingerprint density at radius 3 is 2.39 bits per heavy atom. The standard InChI is InChI=1S/C25H27N3O4S/c1-33-15-14-22(26-24(30)17-32-20-11-3-2-4-12-20)25(31)28-27-23(29)16-19-10-7-9-18-8-5-6-13-21(18)19/h2-13,22H,14-17H2,1H3,(H,26,30)(H,27,29)(H,28,31)/t22-/m1/s1. The topological polar surface area (TPSA) is 96.5 Å². The molecule has 33 heavy (non-hydrogen) atoms. The number of benzene rings is 3. The monoisotopic (exact) mass is 465 g/mol. The van der Waals surface area contributed by atoms with Crippen LogP contribution in [0, 0.1) is 0 Å². The summed E-state index contributed by atoms with van der Waals surface area (Å²) in [7, 11) is 0. The fraction of sp³-hybridized carbons (Fsp3) is 0.240. The van der Waals surface area contributed by atoms with E-state index in [1.807, 2.05) is 66.9 Å². The Balaban J connectivity index is 1.52. The fourth-order valence-electron chi connectivity index (χ4n) is 3.29. The number of amides is 3. The third kappa shape index (κ3) is 7.54. The van der Waals surface area contributed by atoms with Gasteiger partial charge in [0.15, 0.2) is 6.61 Å². The molecule has 0 spiro atoms. The summed E-state index contributed by atoms with van der Waals surface area (Å²) in [5, 5.41) is 4.72. The van der Waals surface area contributed by atoms with Crippen LogP contribution in [0.5, 0.6) is 5.75 Å². The molecule has 1 atom stereocenters. The summed E-state index contributed by atoms with van der Waals surface area (Å²) in [6.45, 7) is -0.208. The second-order valence-corrected chi connectivity index (χ2v) is 8.34. The average Bonchev–Trinajstić information content (AvgIpc) is 2.84. The predicted molar refractivity (Wildman–Crippen MR) is 131 cm³/mol. The molecular formula is C25H27N3O4S. The minimum absolute atomic E-state index is 0.119. The number of carbonyl (C=O) groups is 3. The van der Waals surface area contributed by atoms with E-state index < -0.39 is 17.9 Å². The summed E-state index contributed by atoms with van der Waals surface area (Å²) in [5.41, 5.74) is 5.76. The molecule has 8 heteroatoms. The second kappa shape index (κ2) is 12.5. The number of hydrogen-bond acceptors (Lipinski definition) is 5. The van der Waals surface area contributed by atoms with E-state index in [1.165, 1.54) is 0 Å². The average molecular weight is 466 g/mol. The Labute approximate surface area is 197 Å². The van der Waals surface area contributed by atoms with Gasteiger partial charge in [-0.15, -0.1) is 0 Å². The lowest BCUT2D eigenvalue weighted by molar-refractivity contribution is -0.132. The van der Waals surface area contributed by atoms with Crippen molar-refractivity contribution in [1.29, 1.82) is 0 Å². The molecule has 0 aromatic heterocycles. The van der Waals surface area contributed by atoms with Crippen LogP contribution in [0.2, 0.25) is 0 Å². The normalized spacial score (nSPS) is 11.4. The van der Waals surface area contributed by atoms with Crippen molar-refractivity contribution in [3.05, 3.63) is 78.4 Å². The third-order valence-electron chi connectivity index (χ3n) is 4.93. The van der Waals surface area contributed by atoms with Crippen molar-refractivity contribution < 1.29 is 19.1 Å². The third-order valence-corrected chi connectivity index (χ3v) is 5.58. The van der Waals surface area contributed by atoms with Gasteiger partial charge in [-0.25, -0.2) is 0 Å². The molecule has 3 N–H and O–H groups in total. The van der Waals surface area contributed by atoms with Gasteiger partial charge >= 0.3 is 0 Å². The first kappa shape index (κ1) is 24.1. The SMILES string of the molecule is CSCC[C@@H](NC(=O)COc1ccccc1)C(=O)NNC(=O)Cc1cccc2ccccc12. The molecule has 0 bridgehead atoms. The molecule has 172 valence electrons. The Kier molecular flexibility index (Phi) is 9.14. The van der Waals surface area contributed by atoms with E-state index in [9.17, 15) is 14.4 Å². The van der Waals surface area contributed by atoms with E-state index in [-0.39, 0.29) is 18.9 Å². The van der Waals surface area contributed by atoms with Crippen molar-refractivity contribution in [1.82, 2.24) is 16.2 Å². The number of nitrogens with one attached hydrogen (secondary N) is 3. The first-order valence-electron chi connectivity index (χ1n) is 10.6. The summed E-state index contributed by atoms with van der Waals surface area (Å²) < 4.78 is 5.43. The van der Waals surface area contributed by atoms with Gasteiger partial charge in [0.25, 0.3) is 11.8 Å². The van der Waals surface area contributed by atoms with Gasteiger partial charge in [-0.1, -0.05) is 60.7 Å². The molecule has 3 aromatic carbocycles. The number of thioether (sulfide) groups is 1. The van der Waals surface area contributed by atoms with Gasteiger partial charge in [0, 0.05) is 0 Å². The zero-order valence-electron chi connectivity index (χ0n) is 18.4. The van der Waals surface area contributed by atoms with Gasteiger partial charge < -0.3 is 10.1 Å². The molecule has 0 unspecified atom stereocenters. The van der Waals surface area contributed by atoms with Crippen LogP contribution >= 0.6 is 11.8 Å². The molecule has 0 saturated carbocycles. The Hall–Kier alpha value is -3.52. The Bertz CT molecular complexity index is 1090. The lowest BCUT2D eigenvalue weighted by Crippen LogP contribution is -2.53. The van der Waals surface area contributed by atoms with Crippen molar-refractivity contribution in [3.63, 3.8) is 0 Å². The minimum Gasteiger partial charge on any atom is -0.484 e. The molecule has 0 fully saturated rings. The number of carbonyl (C=O) groups excluding carboxylic acids is 3. The quantitative estimate of drug-likeness (QED) is 0.400. The summed E-state index contributed by atoms with van der Waals surface area (Å²) in [4.78, 5) is 37.4. The van der Waals surface area contributed by atoms with E-state index in [1.54, 1.807) is 23.9 Å². The Morgan fingerprint density at radius 2 is 1.61 bits per heavy atom. The van der Waals surface area contributed by atoms with Gasteiger partial charge in [0.05, 0.1) is 6.42 Å². The molecular weight excluding hydrogens is 438 g/mol. The van der Waals surface area contributed by atoms with Gasteiger partial charge in [0.2, 0.25) is 5.91 Å². The maximum atomic E-state index is 12.6. The van der Waals surface area contributed by atoms with Crippen molar-refractivity contribution in [2.75, 3.05) is 18.6 Å². The highest BCUT2D eigenvalue weighted by molar-refractivity contribution is 7.98. The molecule has 0 heterocycles. The van der Waals surface area contributed by atoms with E-state index in [0.717, 1.165) is 16.3 Å². The van der Waals surface area contributed by atoms with Gasteiger partial charge in [-0.2, -0.15) is 11.8 Å². The van der Waals surface area contributed by atoms with Crippen LogP contribution in [-0.4, -0.2) is 42.4 Å². The molecule has 0 aliphatic heterocycles. The van der Waals surface area contributed by atoms with E-state index >= 15 is 0 Å². The van der Waals surface area contributed by atoms with Gasteiger partial charge in [0.1, 0.15) is 11.8 Å². The number of rotatable bonds is 10. The summed E-state index contributed by atoms with van der Waals surface area (Å²) in [6, 6.07) is 21.8. The smallest absolute Gasteiger partial charge is 0.260 e. The van der Waals surface area contributed by atoms with Crippen molar-refractivity contribution in [3.8, 4) is 5.75 Å². The lowest BCUT2D eigenvalue weighted by atomic mass is 10.0. The van der Waals surface area contributed by atoms with Crippen molar-refractivity contribution in [2.24, 2.45) is 0 Å². The van der Waals surface area contributed by atoms with E-state index in [4.69, 9.17) is 4.74 Å². The molecule has 3 amide bonds. The number of hydrazine groups is 1. The molecule has 3 rings (SSSR count). The number of ether oxygens (including phenoxy) is 1. The van der Waals surface area contributed by atoms with Crippen LogP contribution in [0.4, 0.5) is 0 Å². The molecule has 0 aliphatic carbocycles. The van der Waals surface area contributed by atoms with Crippen LogP contribution in [0.15, 0.2) is 72.8 Å². The zero-order chi connectivity index (χ0) is 23.5. The van der Waals surface area contributed by atoms with Crippen LogP contribution in [0.25, 0.3) is 10.8 Å². The lowest BCUT2D eigenvalue weighted by Gasteiger charge is -2.18. The molecule has 0 radical (unpaired) electrons. The number of para-hydroxylation sites is 1. The number of hydrogen-bond donors (Lipinski definition) is 3. The second-order valence-electron chi connectivity index (χ2n) is 7.36. The van der Waals surface area contributed by atoms with Crippen molar-refractivity contribution >= 4 is 40.3 Å². The van der Waals surface area contributed by atoms with Crippen molar-refractivity contribution in [2.45, 2.75) is 18.9 Å². The van der Waals surface area contributed by atoms with Crippen LogP contribution < -0.4 is 20.9 Å². The largest absolute Gasteiger partial charge is 0.484 e. The number of fused-ring (bicyclic) bond motifs is 1. The molecule has 3 aromatic rings. The van der Waals surface area contributed by atoms with E-state index in [2.05, 4.69) is 16.2 Å². The summed E-state index contributed by atoms with van der Waals surface area (Å²) in [5.74, 6) is -0.00640. The maximum absolute atomic E-state index is 12.6. The van der Waals surface area contributed by atoms with Gasteiger partial charge in [-0.3, -0.25) is 25.2 Å².